The molecule has 1 rings (SSSR count). The highest BCUT2D eigenvalue weighted by Crippen LogP contribution is 2.20. The van der Waals surface area contributed by atoms with E-state index in [1.54, 1.807) is 4.72 Å². The zero-order chi connectivity index (χ0) is 13.9. The Morgan fingerprint density at radius 1 is 1.11 bits per heavy atom. The van der Waals surface area contributed by atoms with E-state index in [9.17, 15) is 21.6 Å². The number of hydrogen-bond donors (Lipinski definition) is 3. The first-order chi connectivity index (χ1) is 8.31. The van der Waals surface area contributed by atoms with Crippen molar-refractivity contribution in [3.8, 4) is 0 Å². The quantitative estimate of drug-likeness (QED) is 0.695. The van der Waals surface area contributed by atoms with Crippen molar-refractivity contribution in [2.45, 2.75) is 10.9 Å². The summed E-state index contributed by atoms with van der Waals surface area (Å²) in [6.45, 7) is -1.53. The summed E-state index contributed by atoms with van der Waals surface area (Å²) in [6.07, 6.45) is 0. The van der Waals surface area contributed by atoms with Crippen LogP contribution in [0.2, 0.25) is 0 Å². The second kappa shape index (κ2) is 5.65. The molecule has 0 aliphatic carbocycles. The van der Waals surface area contributed by atoms with Crippen LogP contribution < -0.4 is 4.72 Å². The van der Waals surface area contributed by atoms with E-state index < -0.39 is 51.6 Å². The van der Waals surface area contributed by atoms with Crippen molar-refractivity contribution < 1.29 is 31.8 Å². The number of sulfonamides is 1. The van der Waals surface area contributed by atoms with Crippen molar-refractivity contribution in [3.05, 3.63) is 29.6 Å². The normalized spacial score (nSPS) is 12.1. The molecule has 0 amide bonds. The van der Waals surface area contributed by atoms with Crippen molar-refractivity contribution in [3.63, 3.8) is 0 Å². The fraction of sp³-hybridized carbons (Fsp3) is 0.333. The van der Waals surface area contributed by atoms with Crippen LogP contribution in [-0.4, -0.2) is 37.9 Å². The third-order valence-corrected chi connectivity index (χ3v) is 3.57. The molecular formula is C9H10F3NO4S. The average molecular weight is 285 g/mol. The van der Waals surface area contributed by atoms with E-state index in [0.29, 0.717) is 0 Å². The molecule has 0 aliphatic rings. The molecule has 5 nitrogen and oxygen atoms in total. The van der Waals surface area contributed by atoms with E-state index in [4.69, 9.17) is 10.2 Å². The number of hydrogen-bond acceptors (Lipinski definition) is 4. The lowest BCUT2D eigenvalue weighted by atomic mass is 10.3. The molecule has 0 saturated heterocycles. The highest BCUT2D eigenvalue weighted by atomic mass is 32.2. The van der Waals surface area contributed by atoms with Gasteiger partial charge in [0.25, 0.3) is 0 Å². The maximum Gasteiger partial charge on any atom is 0.246 e. The number of nitrogens with one attached hydrogen (secondary N) is 1. The largest absolute Gasteiger partial charge is 0.395 e. The molecule has 0 radical (unpaired) electrons. The molecule has 0 bridgehead atoms. The summed E-state index contributed by atoms with van der Waals surface area (Å²) in [5.74, 6) is -4.46. The van der Waals surface area contributed by atoms with Gasteiger partial charge in [0.05, 0.1) is 19.3 Å². The molecule has 0 atom stereocenters. The van der Waals surface area contributed by atoms with Crippen LogP contribution in [0.3, 0.4) is 0 Å². The summed E-state index contributed by atoms with van der Waals surface area (Å²) in [6, 6.07) is -0.881. The molecule has 9 heteroatoms. The van der Waals surface area contributed by atoms with E-state index in [1.165, 1.54) is 0 Å². The molecule has 102 valence electrons. The summed E-state index contributed by atoms with van der Waals surface area (Å²) in [7, 11) is -4.65. The van der Waals surface area contributed by atoms with Gasteiger partial charge in [-0.2, -0.15) is 0 Å². The smallest absolute Gasteiger partial charge is 0.246 e. The Kier molecular flexibility index (Phi) is 4.68. The van der Waals surface area contributed by atoms with Crippen molar-refractivity contribution >= 4 is 10.0 Å². The molecule has 1 aromatic rings. The van der Waals surface area contributed by atoms with Gasteiger partial charge in [0.1, 0.15) is 17.5 Å². The Bertz CT molecular complexity index is 508. The number of halogens is 3. The lowest BCUT2D eigenvalue weighted by Crippen LogP contribution is -2.40. The van der Waals surface area contributed by atoms with Crippen molar-refractivity contribution in [1.82, 2.24) is 4.72 Å². The third kappa shape index (κ3) is 3.19. The SMILES string of the molecule is O=S(=O)(NC(CO)CO)c1c(F)cc(F)cc1F. The minimum absolute atomic E-state index is 0.213. The molecule has 0 fully saturated rings. The molecule has 18 heavy (non-hydrogen) atoms. The average Bonchev–Trinajstić information content (AvgIpc) is 2.23. The van der Waals surface area contributed by atoms with Gasteiger partial charge in [-0.25, -0.2) is 26.3 Å². The molecular weight excluding hydrogens is 275 g/mol. The maximum absolute atomic E-state index is 13.2. The van der Waals surface area contributed by atoms with Crippen LogP contribution in [0.4, 0.5) is 13.2 Å². The molecule has 0 aromatic heterocycles. The fourth-order valence-corrected chi connectivity index (χ4v) is 2.53. The Balaban J connectivity index is 3.21. The topological polar surface area (TPSA) is 86.6 Å². The van der Waals surface area contributed by atoms with Gasteiger partial charge in [0.15, 0.2) is 4.90 Å². The van der Waals surface area contributed by atoms with Gasteiger partial charge in [-0.05, 0) is 0 Å². The zero-order valence-corrected chi connectivity index (χ0v) is 9.72. The first-order valence-electron chi connectivity index (χ1n) is 4.70. The predicted molar refractivity (Wildman–Crippen MR) is 54.6 cm³/mol. The van der Waals surface area contributed by atoms with Crippen LogP contribution >= 0.6 is 0 Å². The van der Waals surface area contributed by atoms with E-state index in [0.717, 1.165) is 0 Å². The standard InChI is InChI=1S/C9H10F3NO4S/c10-5-1-7(11)9(8(12)2-5)18(16,17)13-6(3-14)4-15/h1-2,6,13-15H,3-4H2. The Morgan fingerprint density at radius 3 is 1.94 bits per heavy atom. The highest BCUT2D eigenvalue weighted by molar-refractivity contribution is 7.89. The zero-order valence-electron chi connectivity index (χ0n) is 8.90. The van der Waals surface area contributed by atoms with Crippen LogP contribution in [0.25, 0.3) is 0 Å². The Hall–Kier alpha value is -1.16. The molecule has 0 heterocycles. The van der Waals surface area contributed by atoms with E-state index in [-0.39, 0.29) is 12.1 Å². The molecule has 0 saturated carbocycles. The lowest BCUT2D eigenvalue weighted by molar-refractivity contribution is 0.184. The monoisotopic (exact) mass is 285 g/mol. The number of rotatable bonds is 5. The van der Waals surface area contributed by atoms with Crippen molar-refractivity contribution in [2.24, 2.45) is 0 Å². The number of aliphatic hydroxyl groups is 2. The summed E-state index contributed by atoms with van der Waals surface area (Å²) >= 11 is 0. The van der Waals surface area contributed by atoms with Gasteiger partial charge in [-0.3, -0.25) is 0 Å². The second-order valence-corrected chi connectivity index (χ2v) is 5.03. The second-order valence-electron chi connectivity index (χ2n) is 3.38. The van der Waals surface area contributed by atoms with Crippen LogP contribution in [0.15, 0.2) is 17.0 Å². The molecule has 0 unspecified atom stereocenters. The summed E-state index contributed by atoms with van der Waals surface area (Å²) in [5, 5.41) is 17.4. The van der Waals surface area contributed by atoms with Crippen LogP contribution in [0.5, 0.6) is 0 Å². The lowest BCUT2D eigenvalue weighted by Gasteiger charge is -2.14. The van der Waals surface area contributed by atoms with Gasteiger partial charge in [-0.15, -0.1) is 0 Å². The first kappa shape index (κ1) is 14.9. The predicted octanol–water partition coefficient (Wildman–Crippen LogP) is -0.265. The summed E-state index contributed by atoms with van der Waals surface area (Å²) in [5.41, 5.74) is 0. The molecule has 0 spiro atoms. The van der Waals surface area contributed by atoms with Crippen LogP contribution in [-0.2, 0) is 10.0 Å². The molecule has 3 N–H and O–H groups in total. The van der Waals surface area contributed by atoms with E-state index >= 15 is 0 Å². The third-order valence-electron chi connectivity index (χ3n) is 1.99. The fourth-order valence-electron chi connectivity index (χ4n) is 1.20. The Morgan fingerprint density at radius 2 is 1.56 bits per heavy atom. The minimum atomic E-state index is -4.65. The van der Waals surface area contributed by atoms with Gasteiger partial charge in [-0.1, -0.05) is 0 Å². The number of aliphatic hydroxyl groups excluding tert-OH is 2. The van der Waals surface area contributed by atoms with E-state index in [2.05, 4.69) is 0 Å². The molecule has 1 aromatic carbocycles. The van der Waals surface area contributed by atoms with Gasteiger partial charge in [0.2, 0.25) is 10.0 Å². The summed E-state index contributed by atoms with van der Waals surface area (Å²) in [4.78, 5) is -1.37. The summed E-state index contributed by atoms with van der Waals surface area (Å²) < 4.78 is 63.9. The highest BCUT2D eigenvalue weighted by Gasteiger charge is 2.27. The maximum atomic E-state index is 13.2. The van der Waals surface area contributed by atoms with Crippen molar-refractivity contribution in [1.29, 1.82) is 0 Å². The Labute approximate surface area is 101 Å². The van der Waals surface area contributed by atoms with E-state index in [1.807, 2.05) is 0 Å². The van der Waals surface area contributed by atoms with Gasteiger partial charge < -0.3 is 10.2 Å². The minimum Gasteiger partial charge on any atom is -0.395 e. The number of benzene rings is 1. The van der Waals surface area contributed by atoms with Gasteiger partial charge >= 0.3 is 0 Å². The van der Waals surface area contributed by atoms with Crippen molar-refractivity contribution in [2.75, 3.05) is 13.2 Å². The molecule has 0 aliphatic heterocycles. The first-order valence-corrected chi connectivity index (χ1v) is 6.18. The van der Waals surface area contributed by atoms with Crippen LogP contribution in [0.1, 0.15) is 0 Å². The van der Waals surface area contributed by atoms with Crippen LogP contribution in [0, 0.1) is 17.5 Å². The van der Waals surface area contributed by atoms with Gasteiger partial charge in [0, 0.05) is 12.1 Å².